The van der Waals surface area contributed by atoms with E-state index in [9.17, 15) is 22.4 Å². The van der Waals surface area contributed by atoms with E-state index >= 15 is 0 Å². The highest BCUT2D eigenvalue weighted by Gasteiger charge is 2.35. The van der Waals surface area contributed by atoms with Gasteiger partial charge in [-0.3, -0.25) is 4.79 Å². The minimum Gasteiger partial charge on any atom is -0.342 e. The first kappa shape index (κ1) is 19.5. The van der Waals surface area contributed by atoms with Gasteiger partial charge in [0.25, 0.3) is 0 Å². The second-order valence-corrected chi connectivity index (χ2v) is 7.49. The maximum atomic E-state index is 13.3. The smallest absolute Gasteiger partial charge is 0.342 e. The molecule has 0 radical (unpaired) electrons. The number of benzene rings is 1. The summed E-state index contributed by atoms with van der Waals surface area (Å²) < 4.78 is 55.1. The van der Waals surface area contributed by atoms with Crippen molar-refractivity contribution in [1.29, 1.82) is 0 Å². The third kappa shape index (κ3) is 3.73. The van der Waals surface area contributed by atoms with E-state index < -0.39 is 29.9 Å². The van der Waals surface area contributed by atoms with Crippen molar-refractivity contribution in [3.05, 3.63) is 76.9 Å². The second-order valence-electron chi connectivity index (χ2n) is 7.49. The predicted octanol–water partition coefficient (Wildman–Crippen LogP) is 4.66. The van der Waals surface area contributed by atoms with Crippen LogP contribution in [0.25, 0.3) is 5.52 Å². The molecule has 4 rings (SSSR count). The van der Waals surface area contributed by atoms with Gasteiger partial charge in [0.15, 0.2) is 0 Å². The minimum absolute atomic E-state index is 0.0944. The maximum Gasteiger partial charge on any atom is 0.416 e. The van der Waals surface area contributed by atoms with Crippen molar-refractivity contribution >= 4 is 11.4 Å². The molecule has 0 spiro atoms. The Morgan fingerprint density at radius 3 is 2.76 bits per heavy atom. The normalized spacial score (nSPS) is 16.7. The van der Waals surface area contributed by atoms with Gasteiger partial charge in [0, 0.05) is 36.9 Å². The Kier molecular flexibility index (Phi) is 4.84. The quantitative estimate of drug-likeness (QED) is 0.583. The first-order valence-electron chi connectivity index (χ1n) is 9.43. The van der Waals surface area contributed by atoms with E-state index in [2.05, 4.69) is 10.5 Å². The van der Waals surface area contributed by atoms with Crippen molar-refractivity contribution < 1.29 is 22.4 Å². The Morgan fingerprint density at radius 2 is 2.00 bits per heavy atom. The van der Waals surface area contributed by atoms with Crippen molar-refractivity contribution in [2.45, 2.75) is 37.9 Å². The van der Waals surface area contributed by atoms with Crippen LogP contribution in [0.4, 0.5) is 17.6 Å². The highest BCUT2D eigenvalue weighted by Crippen LogP contribution is 2.33. The van der Waals surface area contributed by atoms with Crippen LogP contribution in [0.5, 0.6) is 0 Å². The van der Waals surface area contributed by atoms with Gasteiger partial charge in [-0.1, -0.05) is 12.1 Å². The molecule has 2 heterocycles. The minimum atomic E-state index is -4.71. The Morgan fingerprint density at radius 1 is 1.21 bits per heavy atom. The number of alkyl halides is 3. The SMILES string of the molecule is CN(C(=O)Cc1ccc(F)cc1C(F)(F)F)[C@@H]1CCc2cc3ccccn3c2C1. The number of hydrogen-bond acceptors (Lipinski definition) is 1. The molecule has 1 aliphatic rings. The number of aromatic nitrogens is 1. The molecular weight excluding hydrogens is 384 g/mol. The molecule has 0 N–H and O–H groups in total. The molecule has 3 aromatic rings. The summed E-state index contributed by atoms with van der Waals surface area (Å²) in [6.45, 7) is 0. The van der Waals surface area contributed by atoms with Crippen LogP contribution in [-0.4, -0.2) is 28.3 Å². The highest BCUT2D eigenvalue weighted by molar-refractivity contribution is 5.79. The number of aryl methyl sites for hydroxylation is 1. The Hall–Kier alpha value is -2.83. The number of likely N-dealkylation sites (N-methyl/N-ethyl adjacent to an activating group) is 1. The molecule has 1 aliphatic carbocycles. The summed E-state index contributed by atoms with van der Waals surface area (Å²) in [6.07, 6.45) is -0.937. The molecule has 0 saturated carbocycles. The average Bonchev–Trinajstić information content (AvgIpc) is 3.05. The monoisotopic (exact) mass is 404 g/mol. The van der Waals surface area contributed by atoms with Crippen LogP contribution in [0, 0.1) is 5.82 Å². The summed E-state index contributed by atoms with van der Waals surface area (Å²) in [5.74, 6) is -1.38. The third-order valence-corrected chi connectivity index (χ3v) is 5.71. The van der Waals surface area contributed by atoms with Crippen molar-refractivity contribution in [1.82, 2.24) is 9.30 Å². The zero-order valence-corrected chi connectivity index (χ0v) is 15.8. The summed E-state index contributed by atoms with van der Waals surface area (Å²) in [5, 5.41) is 0. The number of pyridine rings is 1. The average molecular weight is 404 g/mol. The second kappa shape index (κ2) is 7.21. The summed E-state index contributed by atoms with van der Waals surface area (Å²) in [5.41, 5.74) is 2.16. The summed E-state index contributed by atoms with van der Waals surface area (Å²) in [4.78, 5) is 14.3. The number of fused-ring (bicyclic) bond motifs is 3. The van der Waals surface area contributed by atoms with Gasteiger partial charge in [-0.25, -0.2) is 4.39 Å². The van der Waals surface area contributed by atoms with Crippen LogP contribution < -0.4 is 0 Å². The fourth-order valence-electron chi connectivity index (χ4n) is 4.12. The van der Waals surface area contributed by atoms with E-state index in [0.29, 0.717) is 12.5 Å². The van der Waals surface area contributed by atoms with Gasteiger partial charge in [0.2, 0.25) is 5.91 Å². The first-order chi connectivity index (χ1) is 13.7. The van der Waals surface area contributed by atoms with Crippen LogP contribution in [0.1, 0.15) is 28.8 Å². The van der Waals surface area contributed by atoms with E-state index in [1.54, 1.807) is 7.05 Å². The van der Waals surface area contributed by atoms with E-state index in [0.717, 1.165) is 36.2 Å². The van der Waals surface area contributed by atoms with Crippen molar-refractivity contribution in [3.63, 3.8) is 0 Å². The molecular formula is C22H20F4N2O. The molecule has 3 nitrogen and oxygen atoms in total. The number of amides is 1. The molecule has 1 atom stereocenters. The number of carbonyl (C=O) groups is 1. The molecule has 0 aliphatic heterocycles. The third-order valence-electron chi connectivity index (χ3n) is 5.71. The topological polar surface area (TPSA) is 24.7 Å². The number of carbonyl (C=O) groups excluding carboxylic acids is 1. The highest BCUT2D eigenvalue weighted by atomic mass is 19.4. The van der Waals surface area contributed by atoms with Crippen LogP contribution in [0.2, 0.25) is 0 Å². The van der Waals surface area contributed by atoms with Gasteiger partial charge in [-0.15, -0.1) is 0 Å². The maximum absolute atomic E-state index is 13.3. The van der Waals surface area contributed by atoms with Crippen LogP contribution in [0.15, 0.2) is 48.7 Å². The van der Waals surface area contributed by atoms with E-state index in [1.165, 1.54) is 10.5 Å². The zero-order valence-electron chi connectivity index (χ0n) is 15.8. The van der Waals surface area contributed by atoms with Gasteiger partial charge in [0.05, 0.1) is 12.0 Å². The lowest BCUT2D eigenvalue weighted by molar-refractivity contribution is -0.139. The lowest BCUT2D eigenvalue weighted by atomic mass is 9.92. The van der Waals surface area contributed by atoms with Crippen LogP contribution in [0.3, 0.4) is 0 Å². The Labute approximate surface area is 165 Å². The lowest BCUT2D eigenvalue weighted by Gasteiger charge is -2.32. The van der Waals surface area contributed by atoms with Gasteiger partial charge >= 0.3 is 6.18 Å². The molecule has 152 valence electrons. The molecule has 1 amide bonds. The van der Waals surface area contributed by atoms with Crippen LogP contribution >= 0.6 is 0 Å². The van der Waals surface area contributed by atoms with E-state index in [-0.39, 0.29) is 11.6 Å². The number of hydrogen-bond donors (Lipinski definition) is 0. The number of halogens is 4. The van der Waals surface area contributed by atoms with E-state index in [4.69, 9.17) is 0 Å². The van der Waals surface area contributed by atoms with Gasteiger partial charge < -0.3 is 9.30 Å². The standard InChI is InChI=1S/C22H20F4N2O/c1-27(21(29)11-14-5-7-16(23)12-19(14)22(24,25)26)17-8-6-15-10-18-4-2-3-9-28(18)20(15)13-17/h2-5,7,9-10,12,17H,6,8,11,13H2,1H3/t17-/m1/s1. The summed E-state index contributed by atoms with van der Waals surface area (Å²) in [6, 6.07) is 10.4. The number of nitrogens with zero attached hydrogens (tertiary/aromatic N) is 2. The van der Waals surface area contributed by atoms with Crippen molar-refractivity contribution in [2.75, 3.05) is 7.05 Å². The Bertz CT molecular complexity index is 1070. The molecule has 0 unspecified atom stereocenters. The fourth-order valence-corrected chi connectivity index (χ4v) is 4.12. The fraction of sp³-hybridized carbons (Fsp3) is 0.318. The molecule has 0 saturated heterocycles. The molecule has 2 aromatic heterocycles. The largest absolute Gasteiger partial charge is 0.416 e. The predicted molar refractivity (Wildman–Crippen MR) is 101 cm³/mol. The molecule has 7 heteroatoms. The van der Waals surface area contributed by atoms with Crippen molar-refractivity contribution in [3.8, 4) is 0 Å². The summed E-state index contributed by atoms with van der Waals surface area (Å²) in [7, 11) is 1.63. The lowest BCUT2D eigenvalue weighted by Crippen LogP contribution is -2.41. The summed E-state index contributed by atoms with van der Waals surface area (Å²) >= 11 is 0. The van der Waals surface area contributed by atoms with E-state index in [1.807, 2.05) is 24.4 Å². The van der Waals surface area contributed by atoms with Crippen LogP contribution in [-0.2, 0) is 30.2 Å². The van der Waals surface area contributed by atoms with Gasteiger partial charge in [-0.2, -0.15) is 13.2 Å². The van der Waals surface area contributed by atoms with Crippen molar-refractivity contribution in [2.24, 2.45) is 0 Å². The zero-order chi connectivity index (χ0) is 20.8. The first-order valence-corrected chi connectivity index (χ1v) is 9.43. The molecule has 1 aromatic carbocycles. The molecule has 0 fully saturated rings. The number of rotatable bonds is 3. The molecule has 0 bridgehead atoms. The molecule has 29 heavy (non-hydrogen) atoms. The van der Waals surface area contributed by atoms with Gasteiger partial charge in [-0.05, 0) is 54.3 Å². The Balaban J connectivity index is 1.54. The van der Waals surface area contributed by atoms with Gasteiger partial charge in [0.1, 0.15) is 5.82 Å².